The number of hydrogen-bond acceptors (Lipinski definition) is 5. The van der Waals surface area contributed by atoms with Crippen LogP contribution in [0.2, 0.25) is 0 Å². The highest BCUT2D eigenvalue weighted by Gasteiger charge is 2.14. The number of carbonyl (C=O) groups excluding carboxylic acids is 1. The molecule has 0 unspecified atom stereocenters. The minimum absolute atomic E-state index is 0.0149. The molecule has 6 nitrogen and oxygen atoms in total. The molecule has 0 aliphatic heterocycles. The number of methoxy groups -OCH3 is 1. The molecule has 0 spiro atoms. The lowest BCUT2D eigenvalue weighted by atomic mass is 10.1. The first-order chi connectivity index (χ1) is 13.6. The zero-order valence-corrected chi connectivity index (χ0v) is 17.1. The quantitative estimate of drug-likeness (QED) is 0.592. The molecule has 0 aliphatic carbocycles. The Labute approximate surface area is 169 Å². The fraction of sp³-hybridized carbons (Fsp3) is 0.286. The third kappa shape index (κ3) is 4.92. The lowest BCUT2D eigenvalue weighted by Crippen LogP contribution is -2.27. The van der Waals surface area contributed by atoms with Gasteiger partial charge in [-0.05, 0) is 36.6 Å². The summed E-state index contributed by atoms with van der Waals surface area (Å²) < 4.78 is 7.07. The molecule has 3 aromatic rings. The van der Waals surface area contributed by atoms with E-state index in [4.69, 9.17) is 4.74 Å². The molecule has 3 rings (SSSR count). The van der Waals surface area contributed by atoms with E-state index in [9.17, 15) is 4.79 Å². The molecule has 0 saturated heterocycles. The molecule has 1 heterocycles. The summed E-state index contributed by atoms with van der Waals surface area (Å²) >= 11 is 1.39. The van der Waals surface area contributed by atoms with E-state index in [1.165, 1.54) is 11.8 Å². The van der Waals surface area contributed by atoms with E-state index in [1.54, 1.807) is 7.11 Å². The maximum Gasteiger partial charge on any atom is 0.230 e. The fourth-order valence-corrected chi connectivity index (χ4v) is 3.56. The minimum atomic E-state index is -0.0149. The molecule has 1 N–H and O–H groups in total. The van der Waals surface area contributed by atoms with Crippen LogP contribution < -0.4 is 10.1 Å². The van der Waals surface area contributed by atoms with Crippen molar-refractivity contribution in [3.05, 3.63) is 59.7 Å². The zero-order chi connectivity index (χ0) is 19.9. The van der Waals surface area contributed by atoms with E-state index < -0.39 is 0 Å². The van der Waals surface area contributed by atoms with Gasteiger partial charge in [0.2, 0.25) is 5.91 Å². The van der Waals surface area contributed by atoms with Gasteiger partial charge in [0.15, 0.2) is 11.0 Å². The Hall–Kier alpha value is -2.80. The van der Waals surface area contributed by atoms with Crippen molar-refractivity contribution in [2.75, 3.05) is 19.4 Å². The first kappa shape index (κ1) is 19.9. The van der Waals surface area contributed by atoms with Crippen LogP contribution in [0.5, 0.6) is 5.75 Å². The number of nitrogens with zero attached hydrogens (tertiary/aromatic N) is 3. The first-order valence-corrected chi connectivity index (χ1v) is 10.0. The molecule has 28 heavy (non-hydrogen) atoms. The van der Waals surface area contributed by atoms with Crippen LogP contribution in [0.4, 0.5) is 0 Å². The summed E-state index contributed by atoms with van der Waals surface area (Å²) in [6.45, 7) is 2.64. The number of thioether (sulfide) groups is 1. The van der Waals surface area contributed by atoms with Crippen molar-refractivity contribution in [3.63, 3.8) is 0 Å². The van der Waals surface area contributed by atoms with Gasteiger partial charge in [0.1, 0.15) is 5.75 Å². The largest absolute Gasteiger partial charge is 0.497 e. The molecule has 0 radical (unpaired) electrons. The molecule has 0 bridgehead atoms. The summed E-state index contributed by atoms with van der Waals surface area (Å²) in [5.41, 5.74) is 3.35. The number of carbonyl (C=O) groups is 1. The highest BCUT2D eigenvalue weighted by Crippen LogP contribution is 2.24. The maximum atomic E-state index is 12.1. The van der Waals surface area contributed by atoms with Crippen molar-refractivity contribution in [2.24, 2.45) is 7.05 Å². The Kier molecular flexibility index (Phi) is 6.71. The van der Waals surface area contributed by atoms with Crippen molar-refractivity contribution in [1.82, 2.24) is 20.1 Å². The highest BCUT2D eigenvalue weighted by atomic mass is 32.2. The SMILES string of the molecule is COc1ccc(CCNC(=O)CSc2nnc(-c3ccccc3C)n2C)cc1. The fourth-order valence-electron chi connectivity index (χ4n) is 2.82. The van der Waals surface area contributed by atoms with E-state index in [2.05, 4.69) is 15.5 Å². The Morgan fingerprint density at radius 1 is 1.14 bits per heavy atom. The Bertz CT molecular complexity index is 938. The summed E-state index contributed by atoms with van der Waals surface area (Å²) in [6, 6.07) is 15.9. The minimum Gasteiger partial charge on any atom is -0.497 e. The summed E-state index contributed by atoms with van der Waals surface area (Å²) in [5.74, 6) is 1.93. The number of benzene rings is 2. The topological polar surface area (TPSA) is 69.0 Å². The van der Waals surface area contributed by atoms with Gasteiger partial charge in [0, 0.05) is 19.2 Å². The van der Waals surface area contributed by atoms with Crippen molar-refractivity contribution in [2.45, 2.75) is 18.5 Å². The average Bonchev–Trinajstić information content (AvgIpc) is 3.07. The van der Waals surface area contributed by atoms with Crippen LogP contribution >= 0.6 is 11.8 Å². The van der Waals surface area contributed by atoms with E-state index >= 15 is 0 Å². The molecular formula is C21H24N4O2S. The molecule has 146 valence electrons. The zero-order valence-electron chi connectivity index (χ0n) is 16.3. The Morgan fingerprint density at radius 2 is 1.89 bits per heavy atom. The summed E-state index contributed by atoms with van der Waals surface area (Å²) in [5, 5.41) is 12.2. The normalized spacial score (nSPS) is 10.7. The van der Waals surface area contributed by atoms with Gasteiger partial charge in [0.05, 0.1) is 12.9 Å². The number of ether oxygens (including phenoxy) is 1. The summed E-state index contributed by atoms with van der Waals surface area (Å²) in [7, 11) is 3.57. The number of rotatable bonds is 8. The summed E-state index contributed by atoms with van der Waals surface area (Å²) in [4.78, 5) is 12.1. The third-order valence-corrected chi connectivity index (χ3v) is 5.47. The number of nitrogens with one attached hydrogen (secondary N) is 1. The third-order valence-electron chi connectivity index (χ3n) is 4.45. The average molecular weight is 397 g/mol. The standard InChI is InChI=1S/C21H24N4O2S/c1-15-6-4-5-7-18(15)20-23-24-21(25(20)2)28-14-19(26)22-13-12-16-8-10-17(27-3)11-9-16/h4-11H,12-14H2,1-3H3,(H,22,26). The summed E-state index contributed by atoms with van der Waals surface area (Å²) in [6.07, 6.45) is 0.780. The second-order valence-corrected chi connectivity index (χ2v) is 7.36. The molecule has 1 amide bonds. The number of hydrogen-bond donors (Lipinski definition) is 1. The van der Waals surface area contributed by atoms with Crippen molar-refractivity contribution in [1.29, 1.82) is 0 Å². The molecule has 0 saturated carbocycles. The molecule has 7 heteroatoms. The number of aromatic nitrogens is 3. The maximum absolute atomic E-state index is 12.1. The molecule has 0 fully saturated rings. The van der Waals surface area contributed by atoms with Gasteiger partial charge < -0.3 is 14.6 Å². The second-order valence-electron chi connectivity index (χ2n) is 6.42. The van der Waals surface area contributed by atoms with Crippen LogP contribution in [-0.4, -0.2) is 40.1 Å². The lowest BCUT2D eigenvalue weighted by molar-refractivity contribution is -0.118. The smallest absolute Gasteiger partial charge is 0.230 e. The lowest BCUT2D eigenvalue weighted by Gasteiger charge is -2.07. The van der Waals surface area contributed by atoms with Crippen molar-refractivity contribution in [3.8, 4) is 17.1 Å². The van der Waals surface area contributed by atoms with E-state index in [0.717, 1.165) is 39.8 Å². The Balaban J connectivity index is 1.49. The van der Waals surface area contributed by atoms with Gasteiger partial charge in [-0.25, -0.2) is 0 Å². The van der Waals surface area contributed by atoms with Crippen LogP contribution in [0.25, 0.3) is 11.4 Å². The number of amides is 1. The molecule has 0 atom stereocenters. The van der Waals surface area contributed by atoms with Gasteiger partial charge in [-0.2, -0.15) is 0 Å². The van der Waals surface area contributed by atoms with E-state index in [1.807, 2.05) is 67.1 Å². The predicted octanol–water partition coefficient (Wildman–Crippen LogP) is 3.25. The molecular weight excluding hydrogens is 372 g/mol. The monoisotopic (exact) mass is 396 g/mol. The highest BCUT2D eigenvalue weighted by molar-refractivity contribution is 7.99. The molecule has 0 aliphatic rings. The molecule has 1 aromatic heterocycles. The van der Waals surface area contributed by atoms with E-state index in [-0.39, 0.29) is 5.91 Å². The van der Waals surface area contributed by atoms with Crippen LogP contribution in [-0.2, 0) is 18.3 Å². The number of aryl methyl sites for hydroxylation is 1. The predicted molar refractivity (Wildman–Crippen MR) is 112 cm³/mol. The van der Waals surface area contributed by atoms with Crippen molar-refractivity contribution >= 4 is 17.7 Å². The van der Waals surface area contributed by atoms with Crippen LogP contribution in [0.1, 0.15) is 11.1 Å². The van der Waals surface area contributed by atoms with Gasteiger partial charge in [-0.3, -0.25) is 4.79 Å². The van der Waals surface area contributed by atoms with Gasteiger partial charge >= 0.3 is 0 Å². The van der Waals surface area contributed by atoms with Gasteiger partial charge in [-0.15, -0.1) is 10.2 Å². The molecule has 2 aromatic carbocycles. The van der Waals surface area contributed by atoms with Crippen LogP contribution in [0, 0.1) is 6.92 Å². The van der Waals surface area contributed by atoms with Gasteiger partial charge in [-0.1, -0.05) is 48.2 Å². The van der Waals surface area contributed by atoms with E-state index in [0.29, 0.717) is 12.3 Å². The van der Waals surface area contributed by atoms with Gasteiger partial charge in [0.25, 0.3) is 0 Å². The Morgan fingerprint density at radius 3 is 2.61 bits per heavy atom. The first-order valence-electron chi connectivity index (χ1n) is 9.06. The van der Waals surface area contributed by atoms with Crippen molar-refractivity contribution < 1.29 is 9.53 Å². The van der Waals surface area contributed by atoms with Crippen LogP contribution in [0.15, 0.2) is 53.7 Å². The second kappa shape index (κ2) is 9.41. The van der Waals surface area contributed by atoms with Crippen LogP contribution in [0.3, 0.4) is 0 Å².